The number of carbonyl (C=O) groups is 1. The first-order chi connectivity index (χ1) is 6.77. The van der Waals surface area contributed by atoms with Gasteiger partial charge >= 0.3 is 0 Å². The quantitative estimate of drug-likeness (QED) is 0.684. The first kappa shape index (κ1) is 10.0. The van der Waals surface area contributed by atoms with Crippen molar-refractivity contribution in [3.05, 3.63) is 0 Å². The summed E-state index contributed by atoms with van der Waals surface area (Å²) in [6.45, 7) is 2.18. The molecule has 2 rings (SSSR count). The zero-order valence-electron chi connectivity index (χ0n) is 9.09. The molecule has 0 spiro atoms. The Morgan fingerprint density at radius 1 is 1.14 bits per heavy atom. The van der Waals surface area contributed by atoms with Crippen molar-refractivity contribution in [1.82, 2.24) is 5.32 Å². The number of amides is 1. The van der Waals surface area contributed by atoms with Crippen molar-refractivity contribution in [3.63, 3.8) is 0 Å². The maximum Gasteiger partial charge on any atom is 0.220 e. The molecule has 2 nitrogen and oxygen atoms in total. The molecular weight excluding hydrogens is 174 g/mol. The molecule has 1 saturated carbocycles. The van der Waals surface area contributed by atoms with E-state index in [9.17, 15) is 4.79 Å². The summed E-state index contributed by atoms with van der Waals surface area (Å²) < 4.78 is 0. The average Bonchev–Trinajstić information content (AvgIpc) is 2.19. The predicted octanol–water partition coefficient (Wildman–Crippen LogP) is 2.48. The predicted molar refractivity (Wildman–Crippen MR) is 56.9 cm³/mol. The molecule has 0 aromatic heterocycles. The highest BCUT2D eigenvalue weighted by molar-refractivity contribution is 5.77. The molecule has 1 heterocycles. The lowest BCUT2D eigenvalue weighted by Crippen LogP contribution is -2.45. The Morgan fingerprint density at radius 3 is 2.50 bits per heavy atom. The molecule has 2 heteroatoms. The number of carbonyl (C=O) groups excluding carboxylic acids is 1. The van der Waals surface area contributed by atoms with Crippen LogP contribution in [-0.4, -0.2) is 11.9 Å². The second-order valence-electron chi connectivity index (χ2n) is 4.96. The Balaban J connectivity index is 1.92. The average molecular weight is 195 g/mol. The van der Waals surface area contributed by atoms with Crippen LogP contribution in [0.1, 0.15) is 51.9 Å². The number of hydrogen-bond acceptors (Lipinski definition) is 1. The van der Waals surface area contributed by atoms with E-state index in [2.05, 4.69) is 12.2 Å². The molecule has 2 fully saturated rings. The highest BCUT2D eigenvalue weighted by atomic mass is 16.1. The molecule has 1 saturated heterocycles. The van der Waals surface area contributed by atoms with E-state index in [1.165, 1.54) is 32.1 Å². The first-order valence-corrected chi connectivity index (χ1v) is 6.07. The van der Waals surface area contributed by atoms with Crippen molar-refractivity contribution in [2.45, 2.75) is 57.9 Å². The monoisotopic (exact) mass is 195 g/mol. The van der Waals surface area contributed by atoms with Crippen LogP contribution in [0.5, 0.6) is 0 Å². The molecule has 2 atom stereocenters. The van der Waals surface area contributed by atoms with Gasteiger partial charge < -0.3 is 5.32 Å². The van der Waals surface area contributed by atoms with Gasteiger partial charge in [-0.3, -0.25) is 4.79 Å². The molecule has 1 amide bonds. The molecule has 1 aliphatic carbocycles. The van der Waals surface area contributed by atoms with Crippen molar-refractivity contribution in [2.24, 2.45) is 11.8 Å². The van der Waals surface area contributed by atoms with Gasteiger partial charge in [0.05, 0.1) is 0 Å². The van der Waals surface area contributed by atoms with Crippen LogP contribution in [-0.2, 0) is 4.79 Å². The summed E-state index contributed by atoms with van der Waals surface area (Å²) in [5.74, 6) is 1.90. The Labute approximate surface area is 86.5 Å². The van der Waals surface area contributed by atoms with Gasteiger partial charge in [-0.15, -0.1) is 0 Å². The lowest BCUT2D eigenvalue weighted by atomic mass is 9.74. The second kappa shape index (κ2) is 4.33. The molecule has 80 valence electrons. The summed E-state index contributed by atoms with van der Waals surface area (Å²) in [5, 5.41) is 3.09. The van der Waals surface area contributed by atoms with Gasteiger partial charge in [0.15, 0.2) is 0 Å². The lowest BCUT2D eigenvalue weighted by Gasteiger charge is -2.37. The molecule has 0 aromatic rings. The van der Waals surface area contributed by atoms with E-state index in [-0.39, 0.29) is 5.91 Å². The molecule has 2 unspecified atom stereocenters. The van der Waals surface area contributed by atoms with Crippen molar-refractivity contribution in [2.75, 3.05) is 0 Å². The van der Waals surface area contributed by atoms with Crippen LogP contribution in [0.25, 0.3) is 0 Å². The van der Waals surface area contributed by atoms with E-state index >= 15 is 0 Å². The summed E-state index contributed by atoms with van der Waals surface area (Å²) in [5.41, 5.74) is 0. The Hall–Kier alpha value is -0.530. The minimum absolute atomic E-state index is 0.254. The minimum atomic E-state index is 0.254. The smallest absolute Gasteiger partial charge is 0.220 e. The molecule has 0 aromatic carbocycles. The van der Waals surface area contributed by atoms with Crippen molar-refractivity contribution >= 4 is 5.91 Å². The summed E-state index contributed by atoms with van der Waals surface area (Å²) in [6.07, 6.45) is 8.90. The number of rotatable bonds is 1. The topological polar surface area (TPSA) is 29.1 Å². The molecule has 1 aliphatic heterocycles. The van der Waals surface area contributed by atoms with Gasteiger partial charge in [0.25, 0.3) is 0 Å². The van der Waals surface area contributed by atoms with Gasteiger partial charge in [0, 0.05) is 12.5 Å². The van der Waals surface area contributed by atoms with E-state index in [0.29, 0.717) is 6.04 Å². The molecule has 1 N–H and O–H groups in total. The highest BCUT2D eigenvalue weighted by Crippen LogP contribution is 2.35. The molecule has 14 heavy (non-hydrogen) atoms. The first-order valence-electron chi connectivity index (χ1n) is 6.07. The summed E-state index contributed by atoms with van der Waals surface area (Å²) in [4.78, 5) is 11.2. The van der Waals surface area contributed by atoms with Crippen LogP contribution in [0.3, 0.4) is 0 Å². The normalized spacial score (nSPS) is 35.4. The molecule has 0 radical (unpaired) electrons. The van der Waals surface area contributed by atoms with Gasteiger partial charge in [-0.25, -0.2) is 0 Å². The fraction of sp³-hybridized carbons (Fsp3) is 0.917. The third-order valence-electron chi connectivity index (χ3n) is 3.99. The third kappa shape index (κ3) is 2.10. The SMILES string of the molecule is CC1NC(=O)CCC1C1CCCCC1. The van der Waals surface area contributed by atoms with Gasteiger partial charge in [-0.05, 0) is 25.2 Å². The fourth-order valence-corrected chi connectivity index (χ4v) is 3.19. The summed E-state index contributed by atoms with van der Waals surface area (Å²) in [6, 6.07) is 0.416. The van der Waals surface area contributed by atoms with Crippen LogP contribution < -0.4 is 5.32 Å². The summed E-state index contributed by atoms with van der Waals surface area (Å²) in [7, 11) is 0. The zero-order valence-corrected chi connectivity index (χ0v) is 9.09. The van der Waals surface area contributed by atoms with Crippen molar-refractivity contribution in [1.29, 1.82) is 0 Å². The standard InChI is InChI=1S/C12H21NO/c1-9-11(7-8-12(14)13-9)10-5-3-2-4-6-10/h9-11H,2-8H2,1H3,(H,13,14). The van der Waals surface area contributed by atoms with Crippen LogP contribution in [0, 0.1) is 11.8 Å². The van der Waals surface area contributed by atoms with E-state index < -0.39 is 0 Å². The molecule has 0 bridgehead atoms. The van der Waals surface area contributed by atoms with Crippen LogP contribution in [0.15, 0.2) is 0 Å². The lowest BCUT2D eigenvalue weighted by molar-refractivity contribution is -0.124. The van der Waals surface area contributed by atoms with Crippen LogP contribution in [0.2, 0.25) is 0 Å². The molecule has 2 aliphatic rings. The van der Waals surface area contributed by atoms with Crippen molar-refractivity contribution in [3.8, 4) is 0 Å². The minimum Gasteiger partial charge on any atom is -0.353 e. The largest absolute Gasteiger partial charge is 0.353 e. The number of piperidine rings is 1. The maximum absolute atomic E-state index is 11.2. The Kier molecular flexibility index (Phi) is 3.09. The van der Waals surface area contributed by atoms with E-state index in [4.69, 9.17) is 0 Å². The Morgan fingerprint density at radius 2 is 1.86 bits per heavy atom. The van der Waals surface area contributed by atoms with E-state index in [0.717, 1.165) is 24.7 Å². The maximum atomic E-state index is 11.2. The van der Waals surface area contributed by atoms with Crippen LogP contribution in [0.4, 0.5) is 0 Å². The molecular formula is C12H21NO. The van der Waals surface area contributed by atoms with Crippen LogP contribution >= 0.6 is 0 Å². The summed E-state index contributed by atoms with van der Waals surface area (Å²) >= 11 is 0. The second-order valence-corrected chi connectivity index (χ2v) is 4.96. The van der Waals surface area contributed by atoms with E-state index in [1.54, 1.807) is 0 Å². The van der Waals surface area contributed by atoms with Gasteiger partial charge in [0.2, 0.25) is 5.91 Å². The number of hydrogen-bond donors (Lipinski definition) is 1. The fourth-order valence-electron chi connectivity index (χ4n) is 3.19. The number of nitrogens with one attached hydrogen (secondary N) is 1. The van der Waals surface area contributed by atoms with Gasteiger partial charge in [-0.1, -0.05) is 32.1 Å². The van der Waals surface area contributed by atoms with E-state index in [1.807, 2.05) is 0 Å². The zero-order chi connectivity index (χ0) is 9.97. The Bertz CT molecular complexity index is 208. The highest BCUT2D eigenvalue weighted by Gasteiger charge is 2.32. The van der Waals surface area contributed by atoms with Gasteiger partial charge in [0.1, 0.15) is 0 Å². The van der Waals surface area contributed by atoms with Crippen molar-refractivity contribution < 1.29 is 4.79 Å². The van der Waals surface area contributed by atoms with Gasteiger partial charge in [-0.2, -0.15) is 0 Å². The third-order valence-corrected chi connectivity index (χ3v) is 3.99.